The Labute approximate surface area is 202 Å². The first-order valence-corrected chi connectivity index (χ1v) is 12.2. The molecule has 0 radical (unpaired) electrons. The second-order valence-electron chi connectivity index (χ2n) is 7.94. The zero-order valence-corrected chi connectivity index (χ0v) is 20.0. The highest BCUT2D eigenvalue weighted by Crippen LogP contribution is 2.46. The average molecular weight is 513 g/mol. The van der Waals surface area contributed by atoms with E-state index in [1.165, 1.54) is 17.8 Å². The summed E-state index contributed by atoms with van der Waals surface area (Å²) < 4.78 is 35.9. The normalized spacial score (nSPS) is 18.6. The van der Waals surface area contributed by atoms with Crippen molar-refractivity contribution in [3.05, 3.63) is 50.4 Å². The number of nitrogens with one attached hydrogen (secondary N) is 1. The molecule has 1 N–H and O–H groups in total. The van der Waals surface area contributed by atoms with Crippen LogP contribution in [0.2, 0.25) is 10.0 Å². The van der Waals surface area contributed by atoms with Gasteiger partial charge in [-0.3, -0.25) is 4.57 Å². The van der Waals surface area contributed by atoms with Crippen LogP contribution in [0, 0.1) is 11.6 Å². The minimum absolute atomic E-state index is 0.0752. The molecule has 0 saturated carbocycles. The maximum absolute atomic E-state index is 14.9. The SMILES string of the molecule is COC1CSc2c(-c3cc(Cl)c(F)cc3F)c(Cl)cc3c(N4CCNCC4)nc(=O)n(c23)C1. The predicted molar refractivity (Wildman–Crippen MR) is 128 cm³/mol. The minimum atomic E-state index is -0.852. The van der Waals surface area contributed by atoms with Crippen molar-refractivity contribution in [2.45, 2.75) is 17.5 Å². The van der Waals surface area contributed by atoms with Crippen LogP contribution < -0.4 is 15.9 Å². The van der Waals surface area contributed by atoms with Gasteiger partial charge in [0.2, 0.25) is 0 Å². The van der Waals surface area contributed by atoms with Crippen molar-refractivity contribution in [3.63, 3.8) is 0 Å². The van der Waals surface area contributed by atoms with Gasteiger partial charge in [0.15, 0.2) is 0 Å². The molecule has 0 bridgehead atoms. The fraction of sp³-hybridized carbons (Fsp3) is 0.364. The number of aromatic nitrogens is 2. The molecule has 6 nitrogen and oxygen atoms in total. The third-order valence-corrected chi connectivity index (χ3v) is 7.79. The van der Waals surface area contributed by atoms with Crippen molar-refractivity contribution < 1.29 is 13.5 Å². The van der Waals surface area contributed by atoms with E-state index in [-0.39, 0.29) is 21.7 Å². The topological polar surface area (TPSA) is 59.4 Å². The van der Waals surface area contributed by atoms with Gasteiger partial charge < -0.3 is 15.0 Å². The molecular formula is C22H20Cl2F2N4O2S. The molecule has 5 rings (SSSR count). The van der Waals surface area contributed by atoms with E-state index in [9.17, 15) is 13.6 Å². The van der Waals surface area contributed by atoms with Crippen LogP contribution in [-0.2, 0) is 11.3 Å². The molecule has 0 amide bonds. The number of thioether (sulfide) groups is 1. The van der Waals surface area contributed by atoms with E-state index in [4.69, 9.17) is 27.9 Å². The Hall–Kier alpha value is -1.91. The zero-order valence-electron chi connectivity index (χ0n) is 17.6. The number of piperazine rings is 1. The lowest BCUT2D eigenvalue weighted by Gasteiger charge is -2.30. The summed E-state index contributed by atoms with van der Waals surface area (Å²) in [6.45, 7) is 3.22. The lowest BCUT2D eigenvalue weighted by atomic mass is 10.0. The van der Waals surface area contributed by atoms with Gasteiger partial charge in [0.25, 0.3) is 0 Å². The number of nitrogens with zero attached hydrogens (tertiary/aromatic N) is 3. The molecule has 1 atom stereocenters. The Balaban J connectivity index is 1.85. The van der Waals surface area contributed by atoms with Crippen LogP contribution in [0.1, 0.15) is 0 Å². The standard InChI is InChI=1S/C22H20Cl2F2N4O2S/c1-32-11-9-30-19-13(21(28-22(30)31)29-4-2-27-3-5-29)7-15(24)18(20(19)33-10-11)12-6-14(23)17(26)8-16(12)25/h6-8,11,27H,2-5,9-10H2,1H3. The molecule has 3 heterocycles. The van der Waals surface area contributed by atoms with Crippen molar-refractivity contribution in [2.24, 2.45) is 0 Å². The molecule has 2 aliphatic heterocycles. The van der Waals surface area contributed by atoms with Crippen molar-refractivity contribution in [1.29, 1.82) is 0 Å². The van der Waals surface area contributed by atoms with Crippen LogP contribution in [0.3, 0.4) is 0 Å². The summed E-state index contributed by atoms with van der Waals surface area (Å²) in [4.78, 5) is 20.3. The third kappa shape index (κ3) is 4.00. The van der Waals surface area contributed by atoms with E-state index in [0.717, 1.165) is 19.2 Å². The largest absolute Gasteiger partial charge is 0.379 e. The lowest BCUT2D eigenvalue weighted by Crippen LogP contribution is -2.45. The maximum atomic E-state index is 14.9. The lowest BCUT2D eigenvalue weighted by molar-refractivity contribution is 0.107. The molecule has 174 valence electrons. The molecular weight excluding hydrogens is 493 g/mol. The first kappa shape index (κ1) is 22.9. The maximum Gasteiger partial charge on any atom is 0.350 e. The van der Waals surface area contributed by atoms with Crippen LogP contribution in [0.4, 0.5) is 14.6 Å². The van der Waals surface area contributed by atoms with Gasteiger partial charge in [-0.1, -0.05) is 23.2 Å². The van der Waals surface area contributed by atoms with Gasteiger partial charge in [0.1, 0.15) is 17.5 Å². The predicted octanol–water partition coefficient (Wildman–Crippen LogP) is 4.18. The fourth-order valence-electron chi connectivity index (χ4n) is 4.33. The highest BCUT2D eigenvalue weighted by molar-refractivity contribution is 7.99. The van der Waals surface area contributed by atoms with E-state index in [1.807, 2.05) is 0 Å². The Morgan fingerprint density at radius 2 is 1.91 bits per heavy atom. The van der Waals surface area contributed by atoms with E-state index in [2.05, 4.69) is 15.2 Å². The molecule has 2 aromatic carbocycles. The summed E-state index contributed by atoms with van der Waals surface area (Å²) in [7, 11) is 1.58. The van der Waals surface area contributed by atoms with Gasteiger partial charge in [0, 0.05) is 66.5 Å². The number of benzene rings is 2. The molecule has 0 spiro atoms. The zero-order chi connectivity index (χ0) is 23.3. The second-order valence-corrected chi connectivity index (χ2v) is 9.78. The molecule has 1 fully saturated rings. The van der Waals surface area contributed by atoms with Gasteiger partial charge in [-0.05, 0) is 12.1 Å². The number of ether oxygens (including phenoxy) is 1. The third-order valence-electron chi connectivity index (χ3n) is 5.98. The van der Waals surface area contributed by atoms with Crippen LogP contribution in [0.25, 0.3) is 22.0 Å². The van der Waals surface area contributed by atoms with E-state index >= 15 is 0 Å². The van der Waals surface area contributed by atoms with Gasteiger partial charge in [-0.2, -0.15) is 4.98 Å². The number of methoxy groups -OCH3 is 1. The first-order valence-electron chi connectivity index (χ1n) is 10.4. The first-order chi connectivity index (χ1) is 15.9. The van der Waals surface area contributed by atoms with Crippen LogP contribution in [0.15, 0.2) is 27.9 Å². The Kier molecular flexibility index (Phi) is 6.26. The number of halogens is 4. The van der Waals surface area contributed by atoms with Crippen LogP contribution in [-0.4, -0.2) is 54.7 Å². The Morgan fingerprint density at radius 3 is 2.64 bits per heavy atom. The van der Waals surface area contributed by atoms with Gasteiger partial charge in [0.05, 0.1) is 28.2 Å². The highest BCUT2D eigenvalue weighted by Gasteiger charge is 2.29. The molecule has 11 heteroatoms. The monoisotopic (exact) mass is 512 g/mol. The van der Waals surface area contributed by atoms with Gasteiger partial charge in [-0.25, -0.2) is 13.6 Å². The van der Waals surface area contributed by atoms with Crippen LogP contribution in [0.5, 0.6) is 0 Å². The van der Waals surface area contributed by atoms with Crippen molar-refractivity contribution >= 4 is 51.7 Å². The smallest absolute Gasteiger partial charge is 0.350 e. The molecule has 3 aromatic rings. The number of hydrogen-bond acceptors (Lipinski definition) is 6. The minimum Gasteiger partial charge on any atom is -0.379 e. The van der Waals surface area contributed by atoms with E-state index < -0.39 is 17.3 Å². The van der Waals surface area contributed by atoms with Crippen LogP contribution >= 0.6 is 35.0 Å². The van der Waals surface area contributed by atoms with E-state index in [0.29, 0.717) is 52.6 Å². The summed E-state index contributed by atoms with van der Waals surface area (Å²) in [5.41, 5.74) is 0.655. The molecule has 0 aliphatic carbocycles. The van der Waals surface area contributed by atoms with Crippen molar-refractivity contribution in [2.75, 3.05) is 43.9 Å². The fourth-order valence-corrected chi connectivity index (χ4v) is 6.17. The summed E-state index contributed by atoms with van der Waals surface area (Å²) in [6.07, 6.45) is -0.261. The van der Waals surface area contributed by atoms with E-state index in [1.54, 1.807) is 17.7 Å². The molecule has 1 saturated heterocycles. The quantitative estimate of drug-likeness (QED) is 0.531. The molecule has 1 aromatic heterocycles. The summed E-state index contributed by atoms with van der Waals surface area (Å²) >= 11 is 14.2. The number of rotatable bonds is 3. The van der Waals surface area contributed by atoms with Gasteiger partial charge in [-0.15, -0.1) is 11.8 Å². The second kappa shape index (κ2) is 9.03. The van der Waals surface area contributed by atoms with Crippen molar-refractivity contribution in [1.82, 2.24) is 14.9 Å². The Bertz CT molecular complexity index is 1310. The summed E-state index contributed by atoms with van der Waals surface area (Å²) in [5.74, 6) is -0.571. The molecule has 1 unspecified atom stereocenters. The van der Waals surface area contributed by atoms with Gasteiger partial charge >= 0.3 is 5.69 Å². The number of hydrogen-bond donors (Lipinski definition) is 1. The summed E-state index contributed by atoms with van der Waals surface area (Å²) in [6, 6.07) is 3.69. The summed E-state index contributed by atoms with van der Waals surface area (Å²) in [5, 5.41) is 4.05. The molecule has 2 aliphatic rings. The van der Waals surface area contributed by atoms with Crippen molar-refractivity contribution in [3.8, 4) is 11.1 Å². The Morgan fingerprint density at radius 1 is 1.15 bits per heavy atom. The highest BCUT2D eigenvalue weighted by atomic mass is 35.5. The average Bonchev–Trinajstić information content (AvgIpc) is 3.00. The number of anilines is 1. The molecule has 33 heavy (non-hydrogen) atoms.